The Morgan fingerprint density at radius 3 is 3.00 bits per heavy atom. The summed E-state index contributed by atoms with van der Waals surface area (Å²) in [5.74, 6) is 0. The summed E-state index contributed by atoms with van der Waals surface area (Å²) in [4.78, 5) is 6.95. The minimum Gasteiger partial charge on any atom is -0.394 e. The molecule has 1 aliphatic heterocycles. The molecule has 1 aromatic heterocycles. The maximum atomic E-state index is 9.61. The number of aryl methyl sites for hydroxylation is 1. The fraction of sp³-hybridized carbons (Fsp3) is 0.438. The van der Waals surface area contributed by atoms with Crippen LogP contribution in [-0.4, -0.2) is 29.3 Å². The van der Waals surface area contributed by atoms with Crippen LogP contribution in [0, 0.1) is 6.92 Å². The number of nitrogens with zero attached hydrogens (tertiary/aromatic N) is 2. The van der Waals surface area contributed by atoms with Gasteiger partial charge in [0.2, 0.25) is 0 Å². The summed E-state index contributed by atoms with van der Waals surface area (Å²) in [7, 11) is 0. The Hall–Kier alpha value is -1.61. The molecular formula is C16H20N2O. The van der Waals surface area contributed by atoms with Gasteiger partial charge in [-0.2, -0.15) is 0 Å². The van der Waals surface area contributed by atoms with Crippen molar-refractivity contribution in [2.45, 2.75) is 32.2 Å². The first-order valence-corrected chi connectivity index (χ1v) is 7.03. The number of pyridine rings is 1. The number of aliphatic hydroxyl groups excluding tert-OH is 1. The zero-order valence-corrected chi connectivity index (χ0v) is 11.3. The summed E-state index contributed by atoms with van der Waals surface area (Å²) in [6.45, 7) is 3.29. The Morgan fingerprint density at radius 1 is 1.32 bits per heavy atom. The van der Waals surface area contributed by atoms with Gasteiger partial charge in [-0.3, -0.25) is 4.98 Å². The van der Waals surface area contributed by atoms with E-state index in [9.17, 15) is 5.11 Å². The van der Waals surface area contributed by atoms with E-state index in [2.05, 4.69) is 34.1 Å². The number of piperidine rings is 1. The van der Waals surface area contributed by atoms with Crippen molar-refractivity contribution >= 4 is 16.6 Å². The van der Waals surface area contributed by atoms with E-state index in [1.54, 1.807) is 0 Å². The van der Waals surface area contributed by atoms with Crippen molar-refractivity contribution in [1.82, 2.24) is 4.98 Å². The highest BCUT2D eigenvalue weighted by atomic mass is 16.3. The molecule has 0 radical (unpaired) electrons. The van der Waals surface area contributed by atoms with Crippen molar-refractivity contribution in [3.05, 3.63) is 36.0 Å². The van der Waals surface area contributed by atoms with Crippen LogP contribution in [0.3, 0.4) is 0 Å². The highest BCUT2D eigenvalue weighted by Crippen LogP contribution is 2.31. The maximum Gasteiger partial charge on any atom is 0.0726 e. The molecule has 1 unspecified atom stereocenters. The van der Waals surface area contributed by atoms with E-state index in [1.807, 2.05) is 13.0 Å². The second-order valence-corrected chi connectivity index (χ2v) is 5.33. The number of anilines is 1. The van der Waals surface area contributed by atoms with Crippen molar-refractivity contribution in [3.63, 3.8) is 0 Å². The number of aliphatic hydroxyl groups is 1. The number of hydrogen-bond donors (Lipinski definition) is 1. The van der Waals surface area contributed by atoms with E-state index in [0.717, 1.165) is 24.2 Å². The van der Waals surface area contributed by atoms with Gasteiger partial charge in [0, 0.05) is 23.3 Å². The molecule has 1 saturated heterocycles. The normalized spacial score (nSPS) is 19.9. The molecule has 1 aromatic carbocycles. The minimum absolute atomic E-state index is 0.232. The topological polar surface area (TPSA) is 36.4 Å². The number of rotatable bonds is 2. The molecule has 1 atom stereocenters. The molecule has 0 spiro atoms. The van der Waals surface area contributed by atoms with E-state index in [4.69, 9.17) is 0 Å². The monoisotopic (exact) mass is 256 g/mol. The van der Waals surface area contributed by atoms with Gasteiger partial charge in [0.1, 0.15) is 0 Å². The van der Waals surface area contributed by atoms with Gasteiger partial charge >= 0.3 is 0 Å². The number of para-hydroxylation sites is 1. The smallest absolute Gasteiger partial charge is 0.0726 e. The van der Waals surface area contributed by atoms with Crippen LogP contribution in [0.2, 0.25) is 0 Å². The van der Waals surface area contributed by atoms with Crippen LogP contribution < -0.4 is 4.90 Å². The molecule has 100 valence electrons. The molecule has 3 rings (SSSR count). The molecule has 1 fully saturated rings. The zero-order chi connectivity index (χ0) is 13.2. The Labute approximate surface area is 113 Å². The number of fused-ring (bicyclic) bond motifs is 1. The van der Waals surface area contributed by atoms with Gasteiger partial charge in [0.25, 0.3) is 0 Å². The average Bonchev–Trinajstić information content (AvgIpc) is 2.46. The first-order valence-electron chi connectivity index (χ1n) is 7.03. The van der Waals surface area contributed by atoms with Crippen LogP contribution in [0.4, 0.5) is 5.69 Å². The minimum atomic E-state index is 0.232. The van der Waals surface area contributed by atoms with Gasteiger partial charge in [-0.05, 0) is 38.3 Å². The summed E-state index contributed by atoms with van der Waals surface area (Å²) in [5.41, 5.74) is 3.30. The number of benzene rings is 1. The Balaban J connectivity index is 2.12. The molecule has 3 nitrogen and oxygen atoms in total. The molecule has 1 aliphatic rings. The number of aromatic nitrogens is 1. The Morgan fingerprint density at radius 2 is 2.16 bits per heavy atom. The maximum absolute atomic E-state index is 9.61. The third-order valence-corrected chi connectivity index (χ3v) is 3.97. The van der Waals surface area contributed by atoms with Gasteiger partial charge in [0.05, 0.1) is 18.2 Å². The van der Waals surface area contributed by atoms with Gasteiger partial charge in [-0.15, -0.1) is 0 Å². The van der Waals surface area contributed by atoms with Crippen molar-refractivity contribution in [3.8, 4) is 0 Å². The molecular weight excluding hydrogens is 236 g/mol. The predicted octanol–water partition coefficient (Wildman–Crippen LogP) is 2.89. The average molecular weight is 256 g/mol. The van der Waals surface area contributed by atoms with Gasteiger partial charge < -0.3 is 10.0 Å². The zero-order valence-electron chi connectivity index (χ0n) is 11.3. The first-order chi connectivity index (χ1) is 9.29. The van der Waals surface area contributed by atoms with Gasteiger partial charge in [-0.1, -0.05) is 18.2 Å². The third kappa shape index (κ3) is 2.30. The highest BCUT2D eigenvalue weighted by molar-refractivity contribution is 5.92. The second kappa shape index (κ2) is 5.17. The molecule has 2 aromatic rings. The Bertz CT molecular complexity index is 582. The lowest BCUT2D eigenvalue weighted by molar-refractivity contribution is 0.240. The van der Waals surface area contributed by atoms with E-state index < -0.39 is 0 Å². The quantitative estimate of drug-likeness (QED) is 0.897. The third-order valence-electron chi connectivity index (χ3n) is 3.97. The van der Waals surface area contributed by atoms with Crippen LogP contribution in [0.15, 0.2) is 30.3 Å². The lowest BCUT2D eigenvalue weighted by atomic mass is 10.0. The lowest BCUT2D eigenvalue weighted by Gasteiger charge is -2.37. The first kappa shape index (κ1) is 12.4. The summed E-state index contributed by atoms with van der Waals surface area (Å²) < 4.78 is 0. The van der Waals surface area contributed by atoms with Crippen molar-refractivity contribution < 1.29 is 5.11 Å². The molecule has 1 N–H and O–H groups in total. The summed E-state index contributed by atoms with van der Waals surface area (Å²) in [6, 6.07) is 10.7. The van der Waals surface area contributed by atoms with Gasteiger partial charge in [0.15, 0.2) is 0 Å². The molecule has 0 aliphatic carbocycles. The van der Waals surface area contributed by atoms with Gasteiger partial charge in [-0.25, -0.2) is 0 Å². The van der Waals surface area contributed by atoms with E-state index in [1.165, 1.54) is 23.9 Å². The largest absolute Gasteiger partial charge is 0.394 e. The van der Waals surface area contributed by atoms with Crippen molar-refractivity contribution in [2.24, 2.45) is 0 Å². The fourth-order valence-corrected chi connectivity index (χ4v) is 3.03. The van der Waals surface area contributed by atoms with Crippen molar-refractivity contribution in [1.29, 1.82) is 0 Å². The molecule has 19 heavy (non-hydrogen) atoms. The van der Waals surface area contributed by atoms with Crippen molar-refractivity contribution in [2.75, 3.05) is 18.1 Å². The van der Waals surface area contributed by atoms with E-state index in [-0.39, 0.29) is 12.6 Å². The molecule has 3 heteroatoms. The predicted molar refractivity (Wildman–Crippen MR) is 78.6 cm³/mol. The molecule has 0 bridgehead atoms. The molecule has 0 saturated carbocycles. The van der Waals surface area contributed by atoms with E-state index in [0.29, 0.717) is 0 Å². The highest BCUT2D eigenvalue weighted by Gasteiger charge is 2.23. The van der Waals surface area contributed by atoms with Crippen LogP contribution in [-0.2, 0) is 0 Å². The standard InChI is InChI=1S/C16H20N2O/c1-12-10-16(14-7-2-3-8-15(14)17-12)18-9-5-4-6-13(18)11-19/h2-3,7-8,10,13,19H,4-6,9,11H2,1H3. The lowest BCUT2D eigenvalue weighted by Crippen LogP contribution is -2.42. The second-order valence-electron chi connectivity index (χ2n) is 5.33. The number of hydrogen-bond acceptors (Lipinski definition) is 3. The van der Waals surface area contributed by atoms with Crippen LogP contribution in [0.25, 0.3) is 10.9 Å². The summed E-state index contributed by atoms with van der Waals surface area (Å²) in [5, 5.41) is 10.8. The van der Waals surface area contributed by atoms with Crippen LogP contribution >= 0.6 is 0 Å². The van der Waals surface area contributed by atoms with E-state index >= 15 is 0 Å². The summed E-state index contributed by atoms with van der Waals surface area (Å²) in [6.07, 6.45) is 3.49. The molecule has 0 amide bonds. The Kier molecular flexibility index (Phi) is 3.38. The van der Waals surface area contributed by atoms with Crippen LogP contribution in [0.5, 0.6) is 0 Å². The molecule has 2 heterocycles. The summed E-state index contributed by atoms with van der Waals surface area (Å²) >= 11 is 0. The van der Waals surface area contributed by atoms with Crippen LogP contribution in [0.1, 0.15) is 25.0 Å². The SMILES string of the molecule is Cc1cc(N2CCCCC2CO)c2ccccc2n1. The fourth-order valence-electron chi connectivity index (χ4n) is 3.03.